The van der Waals surface area contributed by atoms with Gasteiger partial charge in [0.25, 0.3) is 0 Å². The summed E-state index contributed by atoms with van der Waals surface area (Å²) in [6.07, 6.45) is 4.50. The minimum Gasteiger partial charge on any atom is -0.314 e. The van der Waals surface area contributed by atoms with Gasteiger partial charge in [-0.25, -0.2) is 0 Å². The van der Waals surface area contributed by atoms with Crippen LogP contribution >= 0.6 is 0 Å². The zero-order chi connectivity index (χ0) is 6.36. The van der Waals surface area contributed by atoms with Crippen LogP contribution in [0.5, 0.6) is 0 Å². The Morgan fingerprint density at radius 1 is 0.556 bits per heavy atom. The second-order valence-electron chi connectivity index (χ2n) is 2.56. The Labute approximate surface area is 57.0 Å². The Morgan fingerprint density at radius 3 is 1.00 bits per heavy atom. The summed E-state index contributed by atoms with van der Waals surface area (Å²) >= 11 is 0. The zero-order valence-corrected chi connectivity index (χ0v) is 5.95. The first-order chi connectivity index (χ1) is 4.50. The third-order valence-electron chi connectivity index (χ3n) is 1.31. The molecule has 1 heterocycles. The van der Waals surface area contributed by atoms with Crippen molar-refractivity contribution in [2.75, 3.05) is 26.2 Å². The van der Waals surface area contributed by atoms with Crippen molar-refractivity contribution in [1.29, 1.82) is 0 Å². The molecule has 2 nitrogen and oxygen atoms in total. The highest BCUT2D eigenvalue weighted by molar-refractivity contribution is 4.59. The summed E-state index contributed by atoms with van der Waals surface area (Å²) in [7, 11) is 0. The molecule has 0 atom stereocenters. The summed E-state index contributed by atoms with van der Waals surface area (Å²) < 4.78 is 0. The van der Waals surface area contributed by atoms with Crippen LogP contribution in [0.15, 0.2) is 0 Å². The molecule has 0 radical (unpaired) electrons. The fourth-order valence-electron chi connectivity index (χ4n) is 0.604. The second kappa shape index (κ2) is 4.77. The van der Waals surface area contributed by atoms with Crippen molar-refractivity contribution in [3.63, 3.8) is 0 Å². The molecule has 2 N–H and O–H groups in total. The number of piperazine rings is 1. The van der Waals surface area contributed by atoms with Gasteiger partial charge in [-0.3, -0.25) is 0 Å². The van der Waals surface area contributed by atoms with Crippen molar-refractivity contribution >= 4 is 0 Å². The average molecular weight is 128 g/mol. The fraction of sp³-hybridized carbons (Fsp3) is 1.00. The third kappa shape index (κ3) is 5.80. The van der Waals surface area contributed by atoms with Gasteiger partial charge >= 0.3 is 0 Å². The van der Waals surface area contributed by atoms with Gasteiger partial charge in [-0.05, 0) is 0 Å². The molecule has 2 aliphatic rings. The van der Waals surface area contributed by atoms with Crippen LogP contribution in [0.2, 0.25) is 0 Å². The van der Waals surface area contributed by atoms with Crippen molar-refractivity contribution in [2.45, 2.75) is 19.3 Å². The lowest BCUT2D eigenvalue weighted by Gasteiger charge is -2.11. The molecule has 1 saturated heterocycles. The molecule has 0 aromatic heterocycles. The smallest absolute Gasteiger partial charge is 0.00772 e. The van der Waals surface area contributed by atoms with Crippen molar-refractivity contribution in [3.05, 3.63) is 0 Å². The zero-order valence-electron chi connectivity index (χ0n) is 5.95. The van der Waals surface area contributed by atoms with Crippen LogP contribution in [0.3, 0.4) is 0 Å². The van der Waals surface area contributed by atoms with Gasteiger partial charge in [0.15, 0.2) is 0 Å². The van der Waals surface area contributed by atoms with Crippen molar-refractivity contribution in [3.8, 4) is 0 Å². The van der Waals surface area contributed by atoms with E-state index >= 15 is 0 Å². The molecule has 0 unspecified atom stereocenters. The molecule has 0 amide bonds. The number of rotatable bonds is 0. The van der Waals surface area contributed by atoms with Gasteiger partial charge < -0.3 is 10.6 Å². The molecular formula is C7H16N2. The van der Waals surface area contributed by atoms with Gasteiger partial charge in [-0.2, -0.15) is 0 Å². The molecule has 1 aliphatic heterocycles. The summed E-state index contributed by atoms with van der Waals surface area (Å²) in [4.78, 5) is 0. The van der Waals surface area contributed by atoms with Gasteiger partial charge in [-0.15, -0.1) is 0 Å². The summed E-state index contributed by atoms with van der Waals surface area (Å²) in [6.45, 7) is 4.56. The number of nitrogens with one attached hydrogen (secondary N) is 2. The molecule has 1 saturated carbocycles. The lowest BCUT2D eigenvalue weighted by atomic mass is 10.4. The van der Waals surface area contributed by atoms with E-state index in [1.54, 1.807) is 0 Å². The van der Waals surface area contributed by atoms with Crippen LogP contribution in [-0.2, 0) is 0 Å². The van der Waals surface area contributed by atoms with Gasteiger partial charge in [-0.1, -0.05) is 19.3 Å². The minimum absolute atomic E-state index is 1.14. The molecule has 54 valence electrons. The largest absolute Gasteiger partial charge is 0.314 e. The molecule has 2 rings (SSSR count). The fourth-order valence-corrected chi connectivity index (χ4v) is 0.604. The normalized spacial score (nSPS) is 24.0. The third-order valence-corrected chi connectivity index (χ3v) is 1.31. The Balaban J connectivity index is 0.000000112. The number of hydrogen-bond acceptors (Lipinski definition) is 2. The topological polar surface area (TPSA) is 24.1 Å². The monoisotopic (exact) mass is 128 g/mol. The van der Waals surface area contributed by atoms with Crippen molar-refractivity contribution < 1.29 is 0 Å². The quantitative estimate of drug-likeness (QED) is 0.492. The van der Waals surface area contributed by atoms with Crippen molar-refractivity contribution in [1.82, 2.24) is 10.6 Å². The van der Waals surface area contributed by atoms with Crippen molar-refractivity contribution in [2.24, 2.45) is 0 Å². The van der Waals surface area contributed by atoms with E-state index in [0.717, 1.165) is 26.2 Å². The van der Waals surface area contributed by atoms with Crippen LogP contribution in [0, 0.1) is 0 Å². The Bertz CT molecular complexity index is 43.7. The van der Waals surface area contributed by atoms with Crippen LogP contribution in [0.1, 0.15) is 19.3 Å². The highest BCUT2D eigenvalue weighted by atomic mass is 15.0. The maximum atomic E-state index is 3.22. The highest BCUT2D eigenvalue weighted by Crippen LogP contribution is 2.14. The maximum Gasteiger partial charge on any atom is 0.00772 e. The molecule has 2 heteroatoms. The molecule has 9 heavy (non-hydrogen) atoms. The summed E-state index contributed by atoms with van der Waals surface area (Å²) in [5.41, 5.74) is 0. The molecule has 1 aliphatic carbocycles. The van der Waals surface area contributed by atoms with E-state index in [-0.39, 0.29) is 0 Å². The maximum absolute atomic E-state index is 3.22. The molecule has 0 aromatic rings. The van der Waals surface area contributed by atoms with Gasteiger partial charge in [0.2, 0.25) is 0 Å². The average Bonchev–Trinajstić information content (AvgIpc) is 2.76. The van der Waals surface area contributed by atoms with Crippen LogP contribution in [0.25, 0.3) is 0 Å². The Hall–Kier alpha value is -0.0800. The lowest BCUT2D eigenvalue weighted by molar-refractivity contribution is 0.534. The standard InChI is InChI=1S/C4H10N2.C3H6/c1-2-6-4-3-5-1;1-2-3-1/h5-6H,1-4H2;1-3H2. The van der Waals surface area contributed by atoms with Crippen LogP contribution < -0.4 is 10.6 Å². The molecule has 2 fully saturated rings. The molecule has 0 bridgehead atoms. The van der Waals surface area contributed by atoms with Gasteiger partial charge in [0.05, 0.1) is 0 Å². The van der Waals surface area contributed by atoms with Gasteiger partial charge in [0, 0.05) is 26.2 Å². The SMILES string of the molecule is C1CC1.C1CNCCN1. The molecular weight excluding hydrogens is 112 g/mol. The van der Waals surface area contributed by atoms with E-state index in [2.05, 4.69) is 10.6 Å². The minimum atomic E-state index is 1.14. The van der Waals surface area contributed by atoms with E-state index in [4.69, 9.17) is 0 Å². The predicted octanol–water partition coefficient (Wildman–Crippen LogP) is 0.350. The summed E-state index contributed by atoms with van der Waals surface area (Å²) in [5, 5.41) is 6.44. The highest BCUT2D eigenvalue weighted by Gasteiger charge is 1.95. The number of hydrogen-bond donors (Lipinski definition) is 2. The van der Waals surface area contributed by atoms with Gasteiger partial charge in [0.1, 0.15) is 0 Å². The van der Waals surface area contributed by atoms with E-state index in [1.165, 1.54) is 19.3 Å². The first kappa shape index (κ1) is 7.03. The second-order valence-corrected chi connectivity index (χ2v) is 2.56. The van der Waals surface area contributed by atoms with E-state index in [0.29, 0.717) is 0 Å². The van der Waals surface area contributed by atoms with E-state index < -0.39 is 0 Å². The van der Waals surface area contributed by atoms with Crippen LogP contribution in [0.4, 0.5) is 0 Å². The first-order valence-corrected chi connectivity index (χ1v) is 3.91. The lowest BCUT2D eigenvalue weighted by Crippen LogP contribution is -2.39. The summed E-state index contributed by atoms with van der Waals surface area (Å²) in [5.74, 6) is 0. The van der Waals surface area contributed by atoms with E-state index in [1.807, 2.05) is 0 Å². The summed E-state index contributed by atoms with van der Waals surface area (Å²) in [6, 6.07) is 0. The molecule has 0 aromatic carbocycles. The predicted molar refractivity (Wildman–Crippen MR) is 39.6 cm³/mol. The Kier molecular flexibility index (Phi) is 3.72. The Morgan fingerprint density at radius 2 is 0.889 bits per heavy atom. The van der Waals surface area contributed by atoms with E-state index in [9.17, 15) is 0 Å². The first-order valence-electron chi connectivity index (χ1n) is 3.91. The van der Waals surface area contributed by atoms with Crippen LogP contribution in [-0.4, -0.2) is 26.2 Å². The molecule has 0 spiro atoms.